The fraction of sp³-hybridized carbons (Fsp3) is 1.00. The summed E-state index contributed by atoms with van der Waals surface area (Å²) in [7, 11) is 0. The van der Waals surface area contributed by atoms with E-state index in [1.807, 2.05) is 0 Å². The Morgan fingerprint density at radius 3 is 2.25 bits per heavy atom. The molecule has 0 aromatic heterocycles. The predicted octanol–water partition coefficient (Wildman–Crippen LogP) is 0.0180. The second-order valence-electron chi connectivity index (χ2n) is 0.872. The van der Waals surface area contributed by atoms with Gasteiger partial charge in [0.2, 0.25) is 0 Å². The molecule has 0 saturated carbocycles. The van der Waals surface area contributed by atoms with Crippen LogP contribution >= 0.6 is 11.8 Å². The molecule has 0 aromatic carbocycles. The zero-order valence-electron chi connectivity index (χ0n) is 2.27. The van der Waals surface area contributed by atoms with Crippen LogP contribution in [0.15, 0.2) is 0 Å². The normalized spacial score (nSPS) is 39.8. The van der Waals surface area contributed by atoms with Crippen molar-refractivity contribution in [3.63, 3.8) is 0 Å². The number of hydrogen-bond donors (Lipinski definition) is 1. The molecule has 0 bridgehead atoms. The molecule has 0 spiro atoms. The summed E-state index contributed by atoms with van der Waals surface area (Å²) in [5, 5.41) is 0.500. The van der Waals surface area contributed by atoms with E-state index in [-0.39, 0.29) is 0 Å². The lowest BCUT2D eigenvalue weighted by Crippen LogP contribution is -1.95. The highest BCUT2D eigenvalue weighted by Crippen LogP contribution is 2.23. The first-order valence-electron chi connectivity index (χ1n) is 1.27. The summed E-state index contributed by atoms with van der Waals surface area (Å²) in [6.07, 6.45) is 0. The Morgan fingerprint density at radius 1 is 2.00 bits per heavy atom. The van der Waals surface area contributed by atoms with E-state index < -0.39 is 0 Å². The van der Waals surface area contributed by atoms with Crippen LogP contribution in [-0.2, 0) is 0 Å². The standard InChI is InChI=1S/C2H5NS/c3-2-1-4-2/h2H,1,3H2. The van der Waals surface area contributed by atoms with Crippen molar-refractivity contribution < 1.29 is 0 Å². The molecule has 0 amide bonds. The molecule has 0 aromatic rings. The van der Waals surface area contributed by atoms with Crippen molar-refractivity contribution in [3.05, 3.63) is 0 Å². The predicted molar refractivity (Wildman–Crippen MR) is 20.4 cm³/mol. The van der Waals surface area contributed by atoms with E-state index in [0.29, 0.717) is 5.37 Å². The molecular weight excluding hydrogens is 70.1 g/mol. The molecule has 1 aliphatic rings. The van der Waals surface area contributed by atoms with Crippen LogP contribution in [0.25, 0.3) is 0 Å². The van der Waals surface area contributed by atoms with Gasteiger partial charge in [0.1, 0.15) is 0 Å². The summed E-state index contributed by atoms with van der Waals surface area (Å²) < 4.78 is 0. The molecule has 2 N–H and O–H groups in total. The van der Waals surface area contributed by atoms with Crippen LogP contribution in [0.2, 0.25) is 0 Å². The highest BCUT2D eigenvalue weighted by Gasteiger charge is 2.14. The van der Waals surface area contributed by atoms with Crippen molar-refractivity contribution in [2.75, 3.05) is 5.75 Å². The molecule has 1 heterocycles. The van der Waals surface area contributed by atoms with E-state index in [1.54, 1.807) is 11.8 Å². The Bertz CT molecular complexity index is 25.2. The summed E-state index contributed by atoms with van der Waals surface area (Å²) in [5.41, 5.74) is 5.19. The molecule has 1 aliphatic heterocycles. The molecule has 1 unspecified atom stereocenters. The highest BCUT2D eigenvalue weighted by molar-refractivity contribution is 8.06. The van der Waals surface area contributed by atoms with Crippen LogP contribution in [-0.4, -0.2) is 11.1 Å². The van der Waals surface area contributed by atoms with Crippen LogP contribution in [0.4, 0.5) is 0 Å². The summed E-state index contributed by atoms with van der Waals surface area (Å²) in [6, 6.07) is 0. The molecule has 0 aliphatic carbocycles. The maximum absolute atomic E-state index is 5.19. The second kappa shape index (κ2) is 0.626. The number of nitrogens with two attached hydrogens (primary N) is 1. The lowest BCUT2D eigenvalue weighted by molar-refractivity contribution is 1.17. The van der Waals surface area contributed by atoms with Gasteiger partial charge >= 0.3 is 0 Å². The monoisotopic (exact) mass is 75.0 g/mol. The van der Waals surface area contributed by atoms with E-state index in [1.165, 1.54) is 5.75 Å². The van der Waals surface area contributed by atoms with Gasteiger partial charge in [-0.1, -0.05) is 0 Å². The van der Waals surface area contributed by atoms with E-state index in [9.17, 15) is 0 Å². The van der Waals surface area contributed by atoms with E-state index in [4.69, 9.17) is 5.73 Å². The Kier molecular flexibility index (Phi) is 0.398. The van der Waals surface area contributed by atoms with Crippen molar-refractivity contribution in [1.82, 2.24) is 0 Å². The Labute approximate surface area is 29.6 Å². The van der Waals surface area contributed by atoms with Gasteiger partial charge in [0.15, 0.2) is 0 Å². The minimum absolute atomic E-state index is 0.500. The van der Waals surface area contributed by atoms with Crippen LogP contribution < -0.4 is 5.73 Å². The molecule has 2 heteroatoms. The van der Waals surface area contributed by atoms with Crippen LogP contribution in [0.5, 0.6) is 0 Å². The fourth-order valence-corrected chi connectivity index (χ4v) is 0.167. The number of thioether (sulfide) groups is 1. The maximum Gasteiger partial charge on any atom is 0.0600 e. The molecule has 24 valence electrons. The first kappa shape index (κ1) is 2.54. The van der Waals surface area contributed by atoms with E-state index in [0.717, 1.165) is 0 Å². The zero-order valence-corrected chi connectivity index (χ0v) is 3.09. The van der Waals surface area contributed by atoms with Gasteiger partial charge in [0.25, 0.3) is 0 Å². The SMILES string of the molecule is NC1CS1. The summed E-state index contributed by atoms with van der Waals surface area (Å²) >= 11 is 1.80. The molecule has 1 fully saturated rings. The molecule has 0 radical (unpaired) electrons. The van der Waals surface area contributed by atoms with Crippen LogP contribution in [0.1, 0.15) is 0 Å². The lowest BCUT2D eigenvalue weighted by Gasteiger charge is -1.55. The molecule has 1 nitrogen and oxygen atoms in total. The first-order chi connectivity index (χ1) is 1.89. The fourth-order valence-electron chi connectivity index (χ4n) is 0.0556. The lowest BCUT2D eigenvalue weighted by atomic mass is 10.8. The Hall–Kier alpha value is 0.310. The molecular formula is C2H5NS. The number of rotatable bonds is 0. The third-order valence-corrected chi connectivity index (χ3v) is 1.08. The third-order valence-electron chi connectivity index (χ3n) is 0.359. The molecule has 1 saturated heterocycles. The Morgan fingerprint density at radius 2 is 2.25 bits per heavy atom. The molecule has 1 rings (SSSR count). The average Bonchev–Trinajstić information content (AvgIpc) is 1.75. The third kappa shape index (κ3) is 0.362. The topological polar surface area (TPSA) is 26.0 Å². The average molecular weight is 75.1 g/mol. The van der Waals surface area contributed by atoms with Crippen LogP contribution in [0, 0.1) is 0 Å². The van der Waals surface area contributed by atoms with E-state index in [2.05, 4.69) is 0 Å². The van der Waals surface area contributed by atoms with Crippen molar-refractivity contribution in [1.29, 1.82) is 0 Å². The quantitative estimate of drug-likeness (QED) is 0.411. The number of hydrogen-bond acceptors (Lipinski definition) is 2. The summed E-state index contributed by atoms with van der Waals surface area (Å²) in [4.78, 5) is 0. The van der Waals surface area contributed by atoms with Crippen molar-refractivity contribution in [2.24, 2.45) is 5.73 Å². The zero-order chi connectivity index (χ0) is 2.99. The summed E-state index contributed by atoms with van der Waals surface area (Å²) in [6.45, 7) is 0. The largest absolute Gasteiger partial charge is 0.319 e. The van der Waals surface area contributed by atoms with Crippen molar-refractivity contribution >= 4 is 11.8 Å². The van der Waals surface area contributed by atoms with Gasteiger partial charge in [0, 0.05) is 5.75 Å². The van der Waals surface area contributed by atoms with Gasteiger partial charge in [-0.3, -0.25) is 0 Å². The van der Waals surface area contributed by atoms with Crippen molar-refractivity contribution in [2.45, 2.75) is 5.37 Å². The van der Waals surface area contributed by atoms with Crippen molar-refractivity contribution in [3.8, 4) is 0 Å². The van der Waals surface area contributed by atoms with Gasteiger partial charge in [-0.05, 0) is 0 Å². The maximum atomic E-state index is 5.19. The minimum Gasteiger partial charge on any atom is -0.319 e. The van der Waals surface area contributed by atoms with Gasteiger partial charge in [0.05, 0.1) is 5.37 Å². The second-order valence-corrected chi connectivity index (χ2v) is 2.14. The van der Waals surface area contributed by atoms with Gasteiger partial charge < -0.3 is 5.73 Å². The van der Waals surface area contributed by atoms with E-state index >= 15 is 0 Å². The molecule has 1 atom stereocenters. The van der Waals surface area contributed by atoms with Crippen LogP contribution in [0.3, 0.4) is 0 Å². The minimum atomic E-state index is 0.500. The molecule has 4 heavy (non-hydrogen) atoms. The first-order valence-corrected chi connectivity index (χ1v) is 2.31. The Balaban J connectivity index is 2.17. The van der Waals surface area contributed by atoms with Gasteiger partial charge in [-0.2, -0.15) is 0 Å². The van der Waals surface area contributed by atoms with Gasteiger partial charge in [-0.15, -0.1) is 11.8 Å². The summed E-state index contributed by atoms with van der Waals surface area (Å²) in [5.74, 6) is 1.18. The highest BCUT2D eigenvalue weighted by atomic mass is 32.2. The van der Waals surface area contributed by atoms with Gasteiger partial charge in [-0.25, -0.2) is 0 Å². The smallest absolute Gasteiger partial charge is 0.0600 e.